The van der Waals surface area contributed by atoms with Gasteiger partial charge in [0, 0.05) is 12.8 Å². The third kappa shape index (κ3) is 76.7. The molecule has 2 atom stereocenters. The fraction of sp³-hybridized carbons (Fsp3) is 0.893. The SMILES string of the molecule is CCCCCCC/C=C\C/C=C\CCCCCCCCCCCCCCCCCCCCCCCCCC(=O)OC(COC(=O)CCCCCCCCCCCCCCCCCCCCCCC/C=C\CCCCCCCCCC)COC(OCC[N+](C)(C)C)C(=O)O. The van der Waals surface area contributed by atoms with E-state index >= 15 is 0 Å². The van der Waals surface area contributed by atoms with Crippen molar-refractivity contribution in [3.05, 3.63) is 36.5 Å². The van der Waals surface area contributed by atoms with Gasteiger partial charge in [0.15, 0.2) is 6.10 Å². The van der Waals surface area contributed by atoms with Gasteiger partial charge in [-0.25, -0.2) is 4.79 Å². The standard InChI is InChI=1S/C84H159NO8/c1-6-8-10-12-14-16-18-20-22-24-26-28-30-32-34-36-38-40-41-43-45-47-49-51-53-55-57-59-61-63-65-67-69-71-73-75-82(87)93-80(79-92-84(83(88)89)90-77-76-85(3,4)5)78-91-81(86)74-72-70-68-66-64-62-60-58-56-54-52-50-48-46-44-42-39-37-35-33-31-29-27-25-23-21-19-17-15-13-11-9-7-2/h18,20,24-27,80,84H,6-17,19,21-23,28-79H2,1-5H3/p+1/b20-18-,26-24-,27-25-. The van der Waals surface area contributed by atoms with Crippen LogP contribution >= 0.6 is 0 Å². The van der Waals surface area contributed by atoms with Crippen molar-refractivity contribution in [3.63, 3.8) is 0 Å². The predicted molar refractivity (Wildman–Crippen MR) is 401 cm³/mol. The smallest absolute Gasteiger partial charge is 0.361 e. The molecule has 0 saturated heterocycles. The first-order valence-corrected chi connectivity index (χ1v) is 41.2. The van der Waals surface area contributed by atoms with Gasteiger partial charge in [0.25, 0.3) is 6.29 Å². The Kier molecular flexibility index (Phi) is 73.3. The lowest BCUT2D eigenvalue weighted by Gasteiger charge is -2.25. The number of allylic oxidation sites excluding steroid dienone is 6. The number of carbonyl (C=O) groups is 3. The monoisotopic (exact) mass is 1310 g/mol. The number of quaternary nitrogens is 1. The summed E-state index contributed by atoms with van der Waals surface area (Å²) in [5, 5.41) is 9.78. The van der Waals surface area contributed by atoms with Crippen LogP contribution in [0, 0.1) is 0 Å². The van der Waals surface area contributed by atoms with Crippen LogP contribution in [0.4, 0.5) is 0 Å². The second kappa shape index (κ2) is 75.3. The van der Waals surface area contributed by atoms with E-state index in [1.54, 1.807) is 0 Å². The van der Waals surface area contributed by atoms with Crippen molar-refractivity contribution in [1.29, 1.82) is 0 Å². The van der Waals surface area contributed by atoms with Gasteiger partial charge < -0.3 is 28.5 Å². The zero-order valence-corrected chi connectivity index (χ0v) is 63.0. The molecule has 0 aromatic heterocycles. The molecular weight excluding hydrogens is 1150 g/mol. The Balaban J connectivity index is 3.95. The summed E-state index contributed by atoms with van der Waals surface area (Å²) in [5.41, 5.74) is 0. The molecule has 0 aromatic rings. The first-order valence-electron chi connectivity index (χ1n) is 41.2. The maximum absolute atomic E-state index is 13.0. The molecule has 0 aliphatic heterocycles. The fourth-order valence-electron chi connectivity index (χ4n) is 12.6. The second-order valence-corrected chi connectivity index (χ2v) is 29.4. The molecule has 0 spiro atoms. The topological polar surface area (TPSA) is 108 Å². The van der Waals surface area contributed by atoms with Crippen LogP contribution in [-0.4, -0.2) is 87.4 Å². The van der Waals surface area contributed by atoms with Gasteiger partial charge in [-0.1, -0.05) is 378 Å². The number of carbonyl (C=O) groups excluding carboxylic acids is 2. The second-order valence-electron chi connectivity index (χ2n) is 29.4. The fourth-order valence-corrected chi connectivity index (χ4v) is 12.6. The van der Waals surface area contributed by atoms with E-state index in [4.69, 9.17) is 18.9 Å². The van der Waals surface area contributed by atoms with E-state index in [9.17, 15) is 19.5 Å². The summed E-state index contributed by atoms with van der Waals surface area (Å²) < 4.78 is 23.1. The highest BCUT2D eigenvalue weighted by Crippen LogP contribution is 2.20. The summed E-state index contributed by atoms with van der Waals surface area (Å²) in [6.07, 6.45) is 94.6. The molecule has 0 saturated carbocycles. The zero-order valence-electron chi connectivity index (χ0n) is 63.0. The third-order valence-corrected chi connectivity index (χ3v) is 18.9. The predicted octanol–water partition coefficient (Wildman–Crippen LogP) is 26.3. The normalized spacial score (nSPS) is 12.7. The summed E-state index contributed by atoms with van der Waals surface area (Å²) >= 11 is 0. The number of hydrogen-bond acceptors (Lipinski definition) is 7. The van der Waals surface area contributed by atoms with Crippen LogP contribution in [0.3, 0.4) is 0 Å². The minimum atomic E-state index is -1.51. The lowest BCUT2D eigenvalue weighted by Crippen LogP contribution is -2.40. The molecule has 0 bridgehead atoms. The average molecular weight is 1310 g/mol. The Morgan fingerprint density at radius 2 is 0.581 bits per heavy atom. The summed E-state index contributed by atoms with van der Waals surface area (Å²) in [6.45, 7) is 4.95. The number of unbranched alkanes of at least 4 members (excludes halogenated alkanes) is 57. The highest BCUT2D eigenvalue weighted by molar-refractivity contribution is 5.71. The van der Waals surface area contributed by atoms with E-state index in [1.807, 2.05) is 21.1 Å². The largest absolute Gasteiger partial charge is 0.477 e. The molecule has 0 aliphatic rings. The Labute approximate surface area is 579 Å². The summed E-state index contributed by atoms with van der Waals surface area (Å²) in [4.78, 5) is 37.8. The Morgan fingerprint density at radius 3 is 0.860 bits per heavy atom. The molecule has 0 heterocycles. The van der Waals surface area contributed by atoms with Crippen molar-refractivity contribution in [2.24, 2.45) is 0 Å². The molecule has 0 radical (unpaired) electrons. The van der Waals surface area contributed by atoms with Gasteiger partial charge in [0.1, 0.15) is 13.2 Å². The number of hydrogen-bond donors (Lipinski definition) is 1. The molecule has 0 aromatic carbocycles. The van der Waals surface area contributed by atoms with Crippen LogP contribution in [0.5, 0.6) is 0 Å². The molecule has 0 aliphatic carbocycles. The van der Waals surface area contributed by atoms with Gasteiger partial charge in [0.2, 0.25) is 0 Å². The summed E-state index contributed by atoms with van der Waals surface area (Å²) in [6, 6.07) is 0. The zero-order chi connectivity index (χ0) is 67.5. The van der Waals surface area contributed by atoms with Crippen LogP contribution in [0.1, 0.15) is 425 Å². The van der Waals surface area contributed by atoms with Crippen LogP contribution in [0.25, 0.3) is 0 Å². The molecule has 1 N–H and O–H groups in total. The molecule has 9 nitrogen and oxygen atoms in total. The van der Waals surface area contributed by atoms with Crippen LogP contribution in [0.15, 0.2) is 36.5 Å². The number of nitrogens with zero attached hydrogens (tertiary/aromatic N) is 1. The van der Waals surface area contributed by atoms with Crippen LogP contribution < -0.4 is 0 Å². The van der Waals surface area contributed by atoms with Gasteiger partial charge in [-0.3, -0.25) is 9.59 Å². The van der Waals surface area contributed by atoms with Crippen molar-refractivity contribution < 1.29 is 42.9 Å². The molecule has 9 heteroatoms. The Bertz CT molecular complexity index is 1620. The highest BCUT2D eigenvalue weighted by Gasteiger charge is 2.25. The molecule has 0 fully saturated rings. The molecule has 548 valence electrons. The van der Waals surface area contributed by atoms with E-state index in [1.165, 1.54) is 353 Å². The minimum absolute atomic E-state index is 0.175. The van der Waals surface area contributed by atoms with Crippen molar-refractivity contribution in [2.45, 2.75) is 437 Å². The quantitative estimate of drug-likeness (QED) is 0.0211. The number of aliphatic carboxylic acids is 1. The van der Waals surface area contributed by atoms with E-state index in [0.717, 1.165) is 44.9 Å². The minimum Gasteiger partial charge on any atom is -0.477 e. The molecule has 93 heavy (non-hydrogen) atoms. The summed E-state index contributed by atoms with van der Waals surface area (Å²) in [7, 11) is 6.00. The Hall–Kier alpha value is -2.49. The number of ether oxygens (including phenoxy) is 4. The van der Waals surface area contributed by atoms with Gasteiger partial charge in [-0.2, -0.15) is 0 Å². The molecular formula is C84H160NO8+. The van der Waals surface area contributed by atoms with Crippen LogP contribution in [0.2, 0.25) is 0 Å². The van der Waals surface area contributed by atoms with Crippen molar-refractivity contribution >= 4 is 17.9 Å². The Morgan fingerprint density at radius 1 is 0.323 bits per heavy atom. The molecule has 0 amide bonds. The molecule has 0 rings (SSSR count). The summed E-state index contributed by atoms with van der Waals surface area (Å²) in [5.74, 6) is -1.97. The number of esters is 2. The molecule has 2 unspecified atom stereocenters. The highest BCUT2D eigenvalue weighted by atomic mass is 16.7. The lowest BCUT2D eigenvalue weighted by atomic mass is 10.0. The first-order chi connectivity index (χ1) is 45.6. The maximum atomic E-state index is 13.0. The van der Waals surface area contributed by atoms with Gasteiger partial charge in [-0.15, -0.1) is 0 Å². The lowest BCUT2D eigenvalue weighted by molar-refractivity contribution is -0.870. The number of carboxylic acids is 1. The van der Waals surface area contributed by atoms with E-state index in [2.05, 4.69) is 50.3 Å². The number of rotatable bonds is 78. The van der Waals surface area contributed by atoms with E-state index in [0.29, 0.717) is 17.4 Å². The van der Waals surface area contributed by atoms with E-state index in [-0.39, 0.29) is 38.2 Å². The van der Waals surface area contributed by atoms with Crippen molar-refractivity contribution in [1.82, 2.24) is 0 Å². The van der Waals surface area contributed by atoms with Crippen LogP contribution in [-0.2, 0) is 33.3 Å². The van der Waals surface area contributed by atoms with Gasteiger partial charge in [0.05, 0.1) is 34.4 Å². The van der Waals surface area contributed by atoms with Crippen molar-refractivity contribution in [2.75, 3.05) is 47.5 Å². The van der Waals surface area contributed by atoms with E-state index < -0.39 is 18.4 Å². The maximum Gasteiger partial charge on any atom is 0.361 e. The first kappa shape index (κ1) is 90.5. The van der Waals surface area contributed by atoms with Crippen molar-refractivity contribution in [3.8, 4) is 0 Å². The van der Waals surface area contributed by atoms with Gasteiger partial charge >= 0.3 is 17.9 Å². The number of carboxylic acid groups (broad SMARTS) is 1. The third-order valence-electron chi connectivity index (χ3n) is 18.9. The number of likely N-dealkylation sites (N-methyl/N-ethyl adjacent to an activating group) is 1. The average Bonchev–Trinajstić information content (AvgIpc) is 3.74. The van der Waals surface area contributed by atoms with Gasteiger partial charge in [-0.05, 0) is 70.6 Å².